The lowest BCUT2D eigenvalue weighted by molar-refractivity contribution is 0.0519. The lowest BCUT2D eigenvalue weighted by atomic mass is 9.93. The molecular weight excluding hydrogens is 220 g/mol. The molecule has 0 radical (unpaired) electrons. The first kappa shape index (κ1) is 11.7. The van der Waals surface area contributed by atoms with Crippen molar-refractivity contribution in [2.75, 3.05) is 6.61 Å². The number of oxime groups is 1. The molecule has 0 unspecified atom stereocenters. The second-order valence-corrected chi connectivity index (χ2v) is 4.10. The molecule has 92 valence electrons. The summed E-state index contributed by atoms with van der Waals surface area (Å²) in [6.45, 7) is 3.97. The maximum absolute atomic E-state index is 11.7. The SMILES string of the molecule is CCOC(=O)c1[nH]c2c(c1C)/C(=N/O)CCC2. The number of nitrogens with one attached hydrogen (secondary N) is 1. The van der Waals surface area contributed by atoms with Crippen molar-refractivity contribution in [3.05, 3.63) is 22.5 Å². The van der Waals surface area contributed by atoms with E-state index in [0.717, 1.165) is 36.1 Å². The van der Waals surface area contributed by atoms with Crippen LogP contribution in [0.3, 0.4) is 0 Å². The summed E-state index contributed by atoms with van der Waals surface area (Å²) in [6.07, 6.45) is 2.54. The maximum Gasteiger partial charge on any atom is 0.355 e. The molecule has 0 aromatic carbocycles. The first-order valence-corrected chi connectivity index (χ1v) is 5.78. The van der Waals surface area contributed by atoms with Crippen LogP contribution in [0, 0.1) is 6.92 Å². The molecule has 1 aliphatic rings. The summed E-state index contributed by atoms with van der Waals surface area (Å²) in [5, 5.41) is 12.3. The van der Waals surface area contributed by atoms with Crippen molar-refractivity contribution in [2.24, 2.45) is 5.16 Å². The molecule has 5 heteroatoms. The van der Waals surface area contributed by atoms with E-state index in [0.29, 0.717) is 18.0 Å². The lowest BCUT2D eigenvalue weighted by Gasteiger charge is -2.12. The summed E-state index contributed by atoms with van der Waals surface area (Å²) in [6, 6.07) is 0. The van der Waals surface area contributed by atoms with Crippen molar-refractivity contribution in [3.8, 4) is 0 Å². The third-order valence-electron chi connectivity index (χ3n) is 3.06. The average molecular weight is 236 g/mol. The smallest absolute Gasteiger partial charge is 0.355 e. The number of ether oxygens (including phenoxy) is 1. The number of esters is 1. The van der Waals surface area contributed by atoms with Crippen LogP contribution >= 0.6 is 0 Å². The fraction of sp³-hybridized carbons (Fsp3) is 0.500. The summed E-state index contributed by atoms with van der Waals surface area (Å²) >= 11 is 0. The molecule has 0 amide bonds. The van der Waals surface area contributed by atoms with Gasteiger partial charge in [0.1, 0.15) is 5.69 Å². The zero-order valence-corrected chi connectivity index (χ0v) is 10.0. The molecule has 5 nitrogen and oxygen atoms in total. The third kappa shape index (κ3) is 1.92. The van der Waals surface area contributed by atoms with Gasteiger partial charge in [0.15, 0.2) is 0 Å². The Hall–Kier alpha value is -1.78. The molecule has 17 heavy (non-hydrogen) atoms. The van der Waals surface area contributed by atoms with Gasteiger partial charge in [-0.3, -0.25) is 0 Å². The molecule has 0 spiro atoms. The number of fused-ring (bicyclic) bond motifs is 1. The molecule has 1 aromatic rings. The van der Waals surface area contributed by atoms with Gasteiger partial charge in [0.05, 0.1) is 12.3 Å². The average Bonchev–Trinajstić information content (AvgIpc) is 2.67. The molecule has 1 aromatic heterocycles. The highest BCUT2D eigenvalue weighted by molar-refractivity contribution is 6.06. The van der Waals surface area contributed by atoms with Crippen molar-refractivity contribution >= 4 is 11.7 Å². The molecule has 2 rings (SSSR count). The molecule has 2 N–H and O–H groups in total. The molecule has 0 fully saturated rings. The number of aromatic nitrogens is 1. The van der Waals surface area contributed by atoms with Crippen LogP contribution in [0.5, 0.6) is 0 Å². The van der Waals surface area contributed by atoms with E-state index in [-0.39, 0.29) is 5.97 Å². The highest BCUT2D eigenvalue weighted by Gasteiger charge is 2.25. The van der Waals surface area contributed by atoms with Crippen LogP contribution in [0.2, 0.25) is 0 Å². The Morgan fingerprint density at radius 1 is 1.53 bits per heavy atom. The number of hydrogen-bond donors (Lipinski definition) is 2. The summed E-state index contributed by atoms with van der Waals surface area (Å²) in [5.74, 6) is -0.350. The lowest BCUT2D eigenvalue weighted by Crippen LogP contribution is -2.11. The Kier molecular flexibility index (Phi) is 3.17. The largest absolute Gasteiger partial charge is 0.461 e. The van der Waals surface area contributed by atoms with E-state index >= 15 is 0 Å². The fourth-order valence-electron chi connectivity index (χ4n) is 2.30. The van der Waals surface area contributed by atoms with Crippen molar-refractivity contribution in [1.82, 2.24) is 4.98 Å². The van der Waals surface area contributed by atoms with Crippen LogP contribution < -0.4 is 0 Å². The van der Waals surface area contributed by atoms with E-state index in [2.05, 4.69) is 10.1 Å². The zero-order chi connectivity index (χ0) is 12.4. The molecular formula is C12H16N2O3. The number of nitrogens with zero attached hydrogens (tertiary/aromatic N) is 1. The van der Waals surface area contributed by atoms with E-state index < -0.39 is 0 Å². The molecule has 0 bridgehead atoms. The van der Waals surface area contributed by atoms with Crippen molar-refractivity contribution in [1.29, 1.82) is 0 Å². The highest BCUT2D eigenvalue weighted by atomic mass is 16.5. The van der Waals surface area contributed by atoms with Crippen LogP contribution in [-0.2, 0) is 11.2 Å². The monoisotopic (exact) mass is 236 g/mol. The fourth-order valence-corrected chi connectivity index (χ4v) is 2.30. The zero-order valence-electron chi connectivity index (χ0n) is 10.0. The highest BCUT2D eigenvalue weighted by Crippen LogP contribution is 2.27. The summed E-state index contributed by atoms with van der Waals surface area (Å²) in [4.78, 5) is 14.8. The second-order valence-electron chi connectivity index (χ2n) is 4.10. The third-order valence-corrected chi connectivity index (χ3v) is 3.06. The number of aromatic amines is 1. The topological polar surface area (TPSA) is 74.7 Å². The standard InChI is InChI=1S/C12H16N2O3/c1-3-17-12(15)11-7(2)10-8(13-11)5-4-6-9(10)14-16/h13,16H,3-6H2,1-2H3/b14-9+. The van der Waals surface area contributed by atoms with Gasteiger partial charge in [0.2, 0.25) is 0 Å². The minimum absolute atomic E-state index is 0.350. The number of carbonyl (C=O) groups is 1. The Bertz CT molecular complexity index is 474. The van der Waals surface area contributed by atoms with Gasteiger partial charge in [-0.05, 0) is 38.7 Å². The van der Waals surface area contributed by atoms with E-state index in [4.69, 9.17) is 9.94 Å². The summed E-state index contributed by atoms with van der Waals surface area (Å²) in [5.41, 5.74) is 3.77. The van der Waals surface area contributed by atoms with Gasteiger partial charge in [-0.25, -0.2) is 4.79 Å². The van der Waals surface area contributed by atoms with Crippen LogP contribution in [0.4, 0.5) is 0 Å². The maximum atomic E-state index is 11.7. The Morgan fingerprint density at radius 2 is 2.29 bits per heavy atom. The quantitative estimate of drug-likeness (QED) is 0.468. The van der Waals surface area contributed by atoms with Gasteiger partial charge >= 0.3 is 5.97 Å². The van der Waals surface area contributed by atoms with Gasteiger partial charge in [-0.1, -0.05) is 5.16 Å². The van der Waals surface area contributed by atoms with Crippen molar-refractivity contribution in [2.45, 2.75) is 33.1 Å². The normalized spacial score (nSPS) is 16.9. The number of carbonyl (C=O) groups excluding carboxylic acids is 1. The van der Waals surface area contributed by atoms with Crippen molar-refractivity contribution in [3.63, 3.8) is 0 Å². The molecule has 0 saturated carbocycles. The van der Waals surface area contributed by atoms with E-state index in [9.17, 15) is 4.79 Å². The number of rotatable bonds is 2. The number of H-pyrrole nitrogens is 1. The second kappa shape index (κ2) is 4.61. The number of aryl methyl sites for hydroxylation is 1. The summed E-state index contributed by atoms with van der Waals surface area (Å²) in [7, 11) is 0. The Balaban J connectivity index is 2.46. The Morgan fingerprint density at radius 3 is 2.94 bits per heavy atom. The van der Waals surface area contributed by atoms with E-state index in [1.807, 2.05) is 6.92 Å². The predicted molar refractivity (Wildman–Crippen MR) is 62.7 cm³/mol. The van der Waals surface area contributed by atoms with Crippen LogP contribution in [0.15, 0.2) is 5.16 Å². The minimum Gasteiger partial charge on any atom is -0.461 e. The van der Waals surface area contributed by atoms with E-state index in [1.54, 1.807) is 6.92 Å². The molecule has 1 heterocycles. The van der Waals surface area contributed by atoms with Gasteiger partial charge in [0, 0.05) is 11.3 Å². The van der Waals surface area contributed by atoms with Crippen molar-refractivity contribution < 1.29 is 14.7 Å². The molecule has 0 aliphatic heterocycles. The van der Waals surface area contributed by atoms with Gasteiger partial charge < -0.3 is 14.9 Å². The first-order chi connectivity index (χ1) is 8.19. The van der Waals surface area contributed by atoms with Crippen LogP contribution in [-0.4, -0.2) is 28.5 Å². The predicted octanol–water partition coefficient (Wildman–Crippen LogP) is 2.01. The Labute approximate surface area is 99.5 Å². The molecule has 1 aliphatic carbocycles. The van der Waals surface area contributed by atoms with E-state index in [1.165, 1.54) is 0 Å². The minimum atomic E-state index is -0.350. The summed E-state index contributed by atoms with van der Waals surface area (Å²) < 4.78 is 4.98. The van der Waals surface area contributed by atoms with Gasteiger partial charge in [-0.2, -0.15) is 0 Å². The molecule has 0 atom stereocenters. The number of hydrogen-bond acceptors (Lipinski definition) is 4. The van der Waals surface area contributed by atoms with Crippen LogP contribution in [0.25, 0.3) is 0 Å². The van der Waals surface area contributed by atoms with Gasteiger partial charge in [0.25, 0.3) is 0 Å². The van der Waals surface area contributed by atoms with Crippen LogP contribution in [0.1, 0.15) is 47.1 Å². The van der Waals surface area contributed by atoms with Gasteiger partial charge in [-0.15, -0.1) is 0 Å². The molecule has 0 saturated heterocycles. The first-order valence-electron chi connectivity index (χ1n) is 5.78.